The summed E-state index contributed by atoms with van der Waals surface area (Å²) in [7, 11) is 0. The van der Waals surface area contributed by atoms with Crippen molar-refractivity contribution in [2.75, 3.05) is 6.54 Å². The van der Waals surface area contributed by atoms with Gasteiger partial charge in [-0.1, -0.05) is 30.7 Å². The third-order valence-electron chi connectivity index (χ3n) is 3.04. The molecule has 1 N–H and O–H groups in total. The monoisotopic (exact) mass is 209 g/mol. The summed E-state index contributed by atoms with van der Waals surface area (Å²) in [6, 6.07) is 8.80. The Balaban J connectivity index is 2.03. The molecule has 0 radical (unpaired) electrons. The van der Waals surface area contributed by atoms with Crippen molar-refractivity contribution in [1.29, 1.82) is 0 Å². The van der Waals surface area contributed by atoms with Crippen LogP contribution in [0.1, 0.15) is 18.9 Å². The van der Waals surface area contributed by atoms with Crippen LogP contribution in [0.4, 0.5) is 0 Å². The van der Waals surface area contributed by atoms with E-state index in [4.69, 9.17) is 11.6 Å². The maximum atomic E-state index is 5.95. The van der Waals surface area contributed by atoms with Crippen LogP contribution < -0.4 is 5.32 Å². The second-order valence-electron chi connectivity index (χ2n) is 4.16. The predicted octanol–water partition coefficient (Wildman–Crippen LogP) is 2.88. The van der Waals surface area contributed by atoms with Gasteiger partial charge < -0.3 is 5.32 Å². The summed E-state index contributed by atoms with van der Waals surface area (Å²) in [4.78, 5) is 0. The summed E-state index contributed by atoms with van der Waals surface area (Å²) in [5.41, 5.74) is 1.34. The molecular formula is C12H16ClN. The molecule has 1 fully saturated rings. The van der Waals surface area contributed by atoms with Crippen molar-refractivity contribution < 1.29 is 0 Å². The Morgan fingerprint density at radius 3 is 3.00 bits per heavy atom. The number of hydrogen-bond donors (Lipinski definition) is 1. The lowest BCUT2D eigenvalue weighted by Gasteiger charge is -2.15. The number of halogens is 1. The maximum absolute atomic E-state index is 5.95. The van der Waals surface area contributed by atoms with Gasteiger partial charge >= 0.3 is 0 Å². The van der Waals surface area contributed by atoms with Gasteiger partial charge in [0.05, 0.1) is 0 Å². The minimum absolute atomic E-state index is 0.633. The van der Waals surface area contributed by atoms with E-state index in [1.165, 1.54) is 12.0 Å². The molecule has 2 unspecified atom stereocenters. The Labute approximate surface area is 90.5 Å². The lowest BCUT2D eigenvalue weighted by molar-refractivity contribution is 0.480. The normalized spacial score (nSPS) is 26.7. The first-order chi connectivity index (χ1) is 6.75. The molecule has 0 aromatic heterocycles. The van der Waals surface area contributed by atoms with E-state index in [-0.39, 0.29) is 0 Å². The predicted molar refractivity (Wildman–Crippen MR) is 60.7 cm³/mol. The first-order valence-corrected chi connectivity index (χ1v) is 5.61. The highest BCUT2D eigenvalue weighted by Gasteiger charge is 2.22. The average molecular weight is 210 g/mol. The molecule has 1 aliphatic rings. The van der Waals surface area contributed by atoms with Gasteiger partial charge in [0.25, 0.3) is 0 Å². The number of rotatable bonds is 2. The summed E-state index contributed by atoms with van der Waals surface area (Å²) >= 11 is 5.95. The van der Waals surface area contributed by atoms with Crippen molar-refractivity contribution in [2.24, 2.45) is 5.92 Å². The summed E-state index contributed by atoms with van der Waals surface area (Å²) < 4.78 is 0. The molecule has 1 aliphatic heterocycles. The Hall–Kier alpha value is -0.530. The third kappa shape index (κ3) is 2.28. The number of hydrogen-bond acceptors (Lipinski definition) is 1. The van der Waals surface area contributed by atoms with E-state index in [1.807, 2.05) is 12.1 Å². The minimum atomic E-state index is 0.633. The zero-order valence-corrected chi connectivity index (χ0v) is 9.22. The summed E-state index contributed by atoms with van der Waals surface area (Å²) in [5, 5.41) is 4.37. The van der Waals surface area contributed by atoms with E-state index >= 15 is 0 Å². The van der Waals surface area contributed by atoms with Crippen LogP contribution in [-0.4, -0.2) is 12.6 Å². The number of nitrogens with one attached hydrogen (secondary N) is 1. The van der Waals surface area contributed by atoms with Gasteiger partial charge in [-0.2, -0.15) is 0 Å². The fraction of sp³-hybridized carbons (Fsp3) is 0.500. The molecule has 0 aliphatic carbocycles. The highest BCUT2D eigenvalue weighted by Crippen LogP contribution is 2.20. The van der Waals surface area contributed by atoms with Crippen LogP contribution in [0.15, 0.2) is 24.3 Å². The van der Waals surface area contributed by atoms with Crippen molar-refractivity contribution in [1.82, 2.24) is 5.32 Å². The SMILES string of the molecule is CC1CCNC1Cc1cccc(Cl)c1. The Morgan fingerprint density at radius 2 is 2.36 bits per heavy atom. The lowest BCUT2D eigenvalue weighted by atomic mass is 9.96. The van der Waals surface area contributed by atoms with Crippen LogP contribution in [0.2, 0.25) is 5.02 Å². The smallest absolute Gasteiger partial charge is 0.0408 e. The van der Waals surface area contributed by atoms with Gasteiger partial charge in [0.1, 0.15) is 0 Å². The molecule has 0 amide bonds. The van der Waals surface area contributed by atoms with Crippen LogP contribution >= 0.6 is 11.6 Å². The highest BCUT2D eigenvalue weighted by molar-refractivity contribution is 6.30. The molecular weight excluding hydrogens is 194 g/mol. The van der Waals surface area contributed by atoms with Gasteiger partial charge in [-0.05, 0) is 43.0 Å². The standard InChI is InChI=1S/C12H16ClN/c1-9-5-6-14-12(9)8-10-3-2-4-11(13)7-10/h2-4,7,9,12,14H,5-6,8H2,1H3. The highest BCUT2D eigenvalue weighted by atomic mass is 35.5. The topological polar surface area (TPSA) is 12.0 Å². The lowest BCUT2D eigenvalue weighted by Crippen LogP contribution is -2.27. The van der Waals surface area contributed by atoms with Crippen molar-refractivity contribution in [3.05, 3.63) is 34.9 Å². The van der Waals surface area contributed by atoms with Gasteiger partial charge in [-0.3, -0.25) is 0 Å². The van der Waals surface area contributed by atoms with Gasteiger partial charge in [0, 0.05) is 11.1 Å². The van der Waals surface area contributed by atoms with Crippen molar-refractivity contribution in [3.8, 4) is 0 Å². The van der Waals surface area contributed by atoms with Gasteiger partial charge in [0.15, 0.2) is 0 Å². The van der Waals surface area contributed by atoms with Crippen LogP contribution in [0.5, 0.6) is 0 Å². The van der Waals surface area contributed by atoms with Crippen LogP contribution in [0.25, 0.3) is 0 Å². The second-order valence-corrected chi connectivity index (χ2v) is 4.60. The largest absolute Gasteiger partial charge is 0.313 e. The van der Waals surface area contributed by atoms with E-state index in [0.29, 0.717) is 6.04 Å². The number of benzene rings is 1. The van der Waals surface area contributed by atoms with Crippen molar-refractivity contribution >= 4 is 11.6 Å². The quantitative estimate of drug-likeness (QED) is 0.790. The average Bonchev–Trinajstić information content (AvgIpc) is 2.52. The maximum Gasteiger partial charge on any atom is 0.0408 e. The zero-order chi connectivity index (χ0) is 9.97. The van der Waals surface area contributed by atoms with Gasteiger partial charge in [-0.15, -0.1) is 0 Å². The van der Waals surface area contributed by atoms with Crippen molar-refractivity contribution in [2.45, 2.75) is 25.8 Å². The summed E-state index contributed by atoms with van der Waals surface area (Å²) in [6.45, 7) is 3.47. The first kappa shape index (κ1) is 10.0. The summed E-state index contributed by atoms with van der Waals surface area (Å²) in [5.74, 6) is 0.786. The van der Waals surface area contributed by atoms with Crippen LogP contribution in [-0.2, 0) is 6.42 Å². The fourth-order valence-electron chi connectivity index (χ4n) is 2.09. The molecule has 76 valence electrons. The molecule has 2 rings (SSSR count). The van der Waals surface area contributed by atoms with E-state index in [1.54, 1.807) is 0 Å². The van der Waals surface area contributed by atoms with Crippen LogP contribution in [0, 0.1) is 5.92 Å². The third-order valence-corrected chi connectivity index (χ3v) is 3.27. The molecule has 1 heterocycles. The van der Waals surface area contributed by atoms with E-state index in [9.17, 15) is 0 Å². The molecule has 2 heteroatoms. The van der Waals surface area contributed by atoms with Gasteiger partial charge in [-0.25, -0.2) is 0 Å². The summed E-state index contributed by atoms with van der Waals surface area (Å²) in [6.07, 6.45) is 2.40. The van der Waals surface area contributed by atoms with Crippen molar-refractivity contribution in [3.63, 3.8) is 0 Å². The molecule has 0 spiro atoms. The Morgan fingerprint density at radius 1 is 1.50 bits per heavy atom. The van der Waals surface area contributed by atoms with Crippen LogP contribution in [0.3, 0.4) is 0 Å². The molecule has 2 atom stereocenters. The van der Waals surface area contributed by atoms with E-state index < -0.39 is 0 Å². The molecule has 14 heavy (non-hydrogen) atoms. The molecule has 0 bridgehead atoms. The molecule has 0 saturated carbocycles. The Bertz CT molecular complexity index is 311. The molecule has 1 aromatic carbocycles. The fourth-order valence-corrected chi connectivity index (χ4v) is 2.30. The van der Waals surface area contributed by atoms with E-state index in [2.05, 4.69) is 24.4 Å². The van der Waals surface area contributed by atoms with Gasteiger partial charge in [0.2, 0.25) is 0 Å². The second kappa shape index (κ2) is 4.33. The molecule has 1 nitrogen and oxygen atoms in total. The Kier molecular flexibility index (Phi) is 3.09. The van der Waals surface area contributed by atoms with E-state index in [0.717, 1.165) is 23.9 Å². The minimum Gasteiger partial charge on any atom is -0.313 e. The molecule has 1 aromatic rings. The molecule has 1 saturated heterocycles. The first-order valence-electron chi connectivity index (χ1n) is 5.23. The zero-order valence-electron chi connectivity index (χ0n) is 8.46.